The first-order chi connectivity index (χ1) is 15.0. The third-order valence-corrected chi connectivity index (χ3v) is 11.0. The molecule has 0 aromatic carbocycles. The van der Waals surface area contributed by atoms with E-state index in [1.807, 2.05) is 6.08 Å². The van der Waals surface area contributed by atoms with Gasteiger partial charge in [-0.2, -0.15) is 0 Å². The van der Waals surface area contributed by atoms with Crippen LogP contribution in [0.15, 0.2) is 23.3 Å². The summed E-state index contributed by atoms with van der Waals surface area (Å²) in [5.74, 6) is 2.95. The van der Waals surface area contributed by atoms with E-state index >= 15 is 0 Å². The Kier molecular flexibility index (Phi) is 6.53. The van der Waals surface area contributed by atoms with Crippen molar-refractivity contribution < 1.29 is 15.3 Å². The third-order valence-electron chi connectivity index (χ3n) is 11.0. The van der Waals surface area contributed by atoms with Crippen LogP contribution in [0.3, 0.4) is 0 Å². The molecule has 0 aromatic rings. The summed E-state index contributed by atoms with van der Waals surface area (Å²) in [5.41, 5.74) is 1.80. The van der Waals surface area contributed by atoms with Crippen molar-refractivity contribution in [2.45, 2.75) is 117 Å². The van der Waals surface area contributed by atoms with E-state index in [4.69, 9.17) is 0 Å². The molecule has 9 atom stereocenters. The molecule has 0 aliphatic heterocycles. The van der Waals surface area contributed by atoms with Gasteiger partial charge in [-0.15, -0.1) is 0 Å². The predicted octanol–water partition coefficient (Wildman–Crippen LogP) is 6.03. The molecule has 32 heavy (non-hydrogen) atoms. The number of aliphatic hydroxyl groups is 3. The fourth-order valence-corrected chi connectivity index (χ4v) is 8.88. The van der Waals surface area contributed by atoms with Crippen molar-refractivity contribution in [1.82, 2.24) is 0 Å². The Morgan fingerprint density at radius 1 is 1.06 bits per heavy atom. The minimum Gasteiger partial charge on any atom is -0.393 e. The van der Waals surface area contributed by atoms with Crippen LogP contribution in [0.25, 0.3) is 0 Å². The summed E-state index contributed by atoms with van der Waals surface area (Å²) in [6, 6.07) is 0. The molecule has 0 aromatic heterocycles. The van der Waals surface area contributed by atoms with E-state index in [9.17, 15) is 15.3 Å². The van der Waals surface area contributed by atoms with Gasteiger partial charge < -0.3 is 15.3 Å². The molecule has 3 saturated carbocycles. The number of hydrogen-bond donors (Lipinski definition) is 3. The average molecular weight is 445 g/mol. The van der Waals surface area contributed by atoms with E-state index in [-0.39, 0.29) is 5.41 Å². The van der Waals surface area contributed by atoms with Crippen LogP contribution in [-0.4, -0.2) is 33.1 Å². The summed E-state index contributed by atoms with van der Waals surface area (Å²) in [7, 11) is 0. The van der Waals surface area contributed by atoms with Crippen molar-refractivity contribution >= 4 is 0 Å². The highest BCUT2D eigenvalue weighted by molar-refractivity contribution is 5.33. The molecule has 0 radical (unpaired) electrons. The van der Waals surface area contributed by atoms with Crippen molar-refractivity contribution in [3.63, 3.8) is 0 Å². The Hall–Kier alpha value is -0.640. The first-order valence-electron chi connectivity index (χ1n) is 13.4. The molecule has 0 bridgehead atoms. The topological polar surface area (TPSA) is 60.7 Å². The van der Waals surface area contributed by atoms with Gasteiger partial charge in [-0.05, 0) is 93.3 Å². The van der Waals surface area contributed by atoms with Gasteiger partial charge in [-0.25, -0.2) is 0 Å². The molecule has 0 spiro atoms. The van der Waals surface area contributed by atoms with Crippen molar-refractivity contribution in [2.24, 2.45) is 40.4 Å². The van der Waals surface area contributed by atoms with Crippen LogP contribution in [0.4, 0.5) is 0 Å². The van der Waals surface area contributed by atoms with Crippen LogP contribution in [-0.2, 0) is 0 Å². The molecule has 4 aliphatic carbocycles. The highest BCUT2D eigenvalue weighted by atomic mass is 16.3. The standard InChI is InChI=1S/C29H48O3/c1-7-20(18(2)3)9-8-19(4)23-10-11-24-22-16-26(31)29(32)17-21(30)12-15-28(29,6)25(22)13-14-27(23,24)5/h7,16,18-19,21,23-26,30-32H,8-15,17H2,1-6H3/t19-,21?,23-,24+,25+,26?,27-,28-,29?/m1/s1. The molecule has 4 aliphatic rings. The molecule has 3 fully saturated rings. The summed E-state index contributed by atoms with van der Waals surface area (Å²) in [6.07, 6.45) is 12.1. The van der Waals surface area contributed by atoms with Crippen molar-refractivity contribution in [3.8, 4) is 0 Å². The molecular formula is C29H48O3. The number of aliphatic hydroxyl groups excluding tert-OH is 2. The summed E-state index contributed by atoms with van der Waals surface area (Å²) in [4.78, 5) is 0. The highest BCUT2D eigenvalue weighted by Crippen LogP contribution is 2.67. The second kappa shape index (κ2) is 8.54. The lowest BCUT2D eigenvalue weighted by atomic mass is 9.45. The van der Waals surface area contributed by atoms with E-state index in [2.05, 4.69) is 47.6 Å². The van der Waals surface area contributed by atoms with Gasteiger partial charge in [0.15, 0.2) is 0 Å². The first-order valence-corrected chi connectivity index (χ1v) is 13.4. The van der Waals surface area contributed by atoms with E-state index in [1.54, 1.807) is 5.57 Å². The maximum Gasteiger partial charge on any atom is 0.102 e. The van der Waals surface area contributed by atoms with Gasteiger partial charge >= 0.3 is 0 Å². The van der Waals surface area contributed by atoms with Crippen molar-refractivity contribution in [3.05, 3.63) is 23.3 Å². The second-order valence-corrected chi connectivity index (χ2v) is 12.7. The molecular weight excluding hydrogens is 396 g/mol. The Balaban J connectivity index is 1.57. The van der Waals surface area contributed by atoms with Gasteiger partial charge in [0.05, 0.1) is 6.10 Å². The lowest BCUT2D eigenvalue weighted by molar-refractivity contribution is -0.210. The molecule has 3 heteroatoms. The minimum atomic E-state index is -1.20. The fraction of sp³-hybridized carbons (Fsp3) is 0.862. The summed E-state index contributed by atoms with van der Waals surface area (Å²) < 4.78 is 0. The zero-order valence-corrected chi connectivity index (χ0v) is 21.4. The summed E-state index contributed by atoms with van der Waals surface area (Å²) in [6.45, 7) is 14.0. The van der Waals surface area contributed by atoms with Crippen LogP contribution in [0, 0.1) is 40.4 Å². The lowest BCUT2D eigenvalue weighted by Crippen LogP contribution is -2.65. The third kappa shape index (κ3) is 3.57. The van der Waals surface area contributed by atoms with Gasteiger partial charge in [-0.3, -0.25) is 0 Å². The van der Waals surface area contributed by atoms with Crippen LogP contribution in [0.1, 0.15) is 99.3 Å². The van der Waals surface area contributed by atoms with Crippen molar-refractivity contribution in [2.75, 3.05) is 0 Å². The van der Waals surface area contributed by atoms with E-state index in [0.29, 0.717) is 35.5 Å². The Morgan fingerprint density at radius 2 is 1.78 bits per heavy atom. The normalized spacial score (nSPS) is 47.5. The Morgan fingerprint density at radius 3 is 2.44 bits per heavy atom. The zero-order chi connectivity index (χ0) is 23.5. The van der Waals surface area contributed by atoms with E-state index < -0.39 is 17.8 Å². The SMILES string of the molecule is CC=C(CC[C@@H](C)[C@H]1CC[C@H]2C3=CC(O)C4(O)CC(O)CC[C@]4(C)[C@H]3CC[C@]12C)C(C)C. The molecule has 3 unspecified atom stereocenters. The quantitative estimate of drug-likeness (QED) is 0.454. The van der Waals surface area contributed by atoms with Crippen LogP contribution in [0.5, 0.6) is 0 Å². The molecule has 0 amide bonds. The molecule has 182 valence electrons. The number of rotatable bonds is 5. The minimum absolute atomic E-state index is 0.301. The maximum atomic E-state index is 11.6. The van der Waals surface area contributed by atoms with Gasteiger partial charge in [0, 0.05) is 11.8 Å². The van der Waals surface area contributed by atoms with Gasteiger partial charge in [0.1, 0.15) is 11.7 Å². The van der Waals surface area contributed by atoms with E-state index in [1.165, 1.54) is 37.7 Å². The molecule has 3 nitrogen and oxygen atoms in total. The number of fused-ring (bicyclic) bond motifs is 5. The first kappa shape index (κ1) is 24.5. The van der Waals surface area contributed by atoms with Gasteiger partial charge in [0.25, 0.3) is 0 Å². The van der Waals surface area contributed by atoms with Crippen molar-refractivity contribution in [1.29, 1.82) is 0 Å². The fourth-order valence-electron chi connectivity index (χ4n) is 8.88. The Bertz CT molecular complexity index is 768. The molecule has 0 saturated heterocycles. The predicted molar refractivity (Wildman–Crippen MR) is 131 cm³/mol. The second-order valence-electron chi connectivity index (χ2n) is 12.7. The van der Waals surface area contributed by atoms with Gasteiger partial charge in [0.2, 0.25) is 0 Å². The largest absolute Gasteiger partial charge is 0.393 e. The van der Waals surface area contributed by atoms with Crippen LogP contribution >= 0.6 is 0 Å². The molecule has 4 rings (SSSR count). The zero-order valence-electron chi connectivity index (χ0n) is 21.4. The number of allylic oxidation sites excluding steroid dienone is 3. The van der Waals surface area contributed by atoms with Crippen LogP contribution in [0.2, 0.25) is 0 Å². The molecule has 3 N–H and O–H groups in total. The Labute approximate surface area is 196 Å². The lowest BCUT2D eigenvalue weighted by Gasteiger charge is -2.62. The van der Waals surface area contributed by atoms with E-state index in [0.717, 1.165) is 25.2 Å². The van der Waals surface area contributed by atoms with Gasteiger partial charge in [-0.1, -0.05) is 57.9 Å². The summed E-state index contributed by atoms with van der Waals surface area (Å²) in [5, 5.41) is 33.0. The summed E-state index contributed by atoms with van der Waals surface area (Å²) >= 11 is 0. The average Bonchev–Trinajstić information content (AvgIpc) is 3.08. The monoisotopic (exact) mass is 444 g/mol. The maximum absolute atomic E-state index is 11.6. The van der Waals surface area contributed by atoms with Crippen LogP contribution < -0.4 is 0 Å². The smallest absolute Gasteiger partial charge is 0.102 e. The molecule has 0 heterocycles. The highest BCUT2D eigenvalue weighted by Gasteiger charge is 2.64. The number of hydrogen-bond acceptors (Lipinski definition) is 3.